The molecular weight excluding hydrogens is 328 g/mol. The Morgan fingerprint density at radius 1 is 1.25 bits per heavy atom. The lowest BCUT2D eigenvalue weighted by Gasteiger charge is -2.44. The van der Waals surface area contributed by atoms with Crippen LogP contribution in [0.5, 0.6) is 0 Å². The van der Waals surface area contributed by atoms with Gasteiger partial charge in [0.1, 0.15) is 11.6 Å². The van der Waals surface area contributed by atoms with Crippen LogP contribution < -0.4 is 5.32 Å². The third kappa shape index (κ3) is 2.71. The van der Waals surface area contributed by atoms with Crippen molar-refractivity contribution in [3.8, 4) is 0 Å². The van der Waals surface area contributed by atoms with E-state index in [1.807, 2.05) is 18.2 Å². The van der Waals surface area contributed by atoms with Gasteiger partial charge in [0.25, 0.3) is 0 Å². The highest BCUT2D eigenvalue weighted by molar-refractivity contribution is 6.31. The smallest absolute Gasteiger partial charge is 0.246 e. The van der Waals surface area contributed by atoms with Crippen LogP contribution in [-0.4, -0.2) is 35.6 Å². The highest BCUT2D eigenvalue weighted by Crippen LogP contribution is 2.42. The fourth-order valence-electron chi connectivity index (χ4n) is 3.85. The molecule has 0 aromatic heterocycles. The van der Waals surface area contributed by atoms with E-state index in [1.54, 1.807) is 13.1 Å². The van der Waals surface area contributed by atoms with Gasteiger partial charge >= 0.3 is 0 Å². The van der Waals surface area contributed by atoms with Gasteiger partial charge in [0, 0.05) is 30.5 Å². The Morgan fingerprint density at radius 2 is 2.00 bits per heavy atom. The molecule has 5 nitrogen and oxygen atoms in total. The predicted molar refractivity (Wildman–Crippen MR) is 90.5 cm³/mol. The molecule has 0 spiro atoms. The summed E-state index contributed by atoms with van der Waals surface area (Å²) in [4.78, 5) is 38.9. The Morgan fingerprint density at radius 3 is 2.62 bits per heavy atom. The lowest BCUT2D eigenvalue weighted by molar-refractivity contribution is -0.149. The standard InChI is InChI=1S/C18H21ClN2O3/c1-21(17(24)14-9-10-16(23)20-14)18(11-5-4-8-15(18)22)12-6-2-3-7-13(12)19/h2-3,6-7,14H,4-5,8-11H2,1H3,(H,20,23)/t14-,18+/m0/s1. The lowest BCUT2D eigenvalue weighted by atomic mass is 9.74. The highest BCUT2D eigenvalue weighted by atomic mass is 35.5. The molecule has 24 heavy (non-hydrogen) atoms. The van der Waals surface area contributed by atoms with Crippen LogP contribution in [0, 0.1) is 0 Å². The Kier molecular flexibility index (Phi) is 4.63. The van der Waals surface area contributed by atoms with E-state index in [1.165, 1.54) is 4.90 Å². The molecule has 6 heteroatoms. The largest absolute Gasteiger partial charge is 0.344 e. The third-order valence-electron chi connectivity index (χ3n) is 5.17. The second-order valence-electron chi connectivity index (χ2n) is 6.53. The number of hydrogen-bond donors (Lipinski definition) is 1. The SMILES string of the molecule is CN(C(=O)[C@@H]1CCC(=O)N1)[C@@]1(c2ccccc2Cl)CCCCC1=O. The maximum absolute atomic E-state index is 13.0. The molecule has 1 aromatic carbocycles. The van der Waals surface area contributed by atoms with E-state index < -0.39 is 11.6 Å². The summed E-state index contributed by atoms with van der Waals surface area (Å²) in [6.45, 7) is 0. The molecule has 2 fully saturated rings. The quantitative estimate of drug-likeness (QED) is 0.912. The molecule has 1 aromatic rings. The molecule has 2 amide bonds. The number of amides is 2. The summed E-state index contributed by atoms with van der Waals surface area (Å²) >= 11 is 6.38. The maximum Gasteiger partial charge on any atom is 0.246 e. The van der Waals surface area contributed by atoms with Gasteiger partial charge in [-0.15, -0.1) is 0 Å². The van der Waals surface area contributed by atoms with Crippen molar-refractivity contribution in [2.45, 2.75) is 50.1 Å². The minimum atomic E-state index is -1.04. The van der Waals surface area contributed by atoms with E-state index in [9.17, 15) is 14.4 Å². The first-order valence-electron chi connectivity index (χ1n) is 8.32. The number of carbonyl (C=O) groups excluding carboxylic acids is 3. The second kappa shape index (κ2) is 6.55. The molecule has 1 saturated heterocycles. The highest BCUT2D eigenvalue weighted by Gasteiger charge is 2.49. The maximum atomic E-state index is 13.0. The minimum Gasteiger partial charge on any atom is -0.344 e. The summed E-state index contributed by atoms with van der Waals surface area (Å²) in [5.74, 6) is -0.332. The van der Waals surface area contributed by atoms with Crippen molar-refractivity contribution in [1.29, 1.82) is 0 Å². The first kappa shape index (κ1) is 17.0. The molecule has 1 aliphatic carbocycles. The average molecular weight is 349 g/mol. The first-order chi connectivity index (χ1) is 11.5. The number of carbonyl (C=O) groups is 3. The Balaban J connectivity index is 2.02. The van der Waals surface area contributed by atoms with Gasteiger partial charge in [-0.25, -0.2) is 0 Å². The molecule has 0 bridgehead atoms. The van der Waals surface area contributed by atoms with Crippen molar-refractivity contribution in [3.63, 3.8) is 0 Å². The average Bonchev–Trinajstić information content (AvgIpc) is 3.01. The number of likely N-dealkylation sites (N-methyl/N-ethyl adjacent to an activating group) is 1. The number of benzene rings is 1. The van der Waals surface area contributed by atoms with Crippen LogP contribution >= 0.6 is 11.6 Å². The molecule has 1 heterocycles. The third-order valence-corrected chi connectivity index (χ3v) is 5.50. The van der Waals surface area contributed by atoms with Crippen molar-refractivity contribution >= 4 is 29.2 Å². The van der Waals surface area contributed by atoms with E-state index in [-0.39, 0.29) is 17.6 Å². The van der Waals surface area contributed by atoms with Gasteiger partial charge in [-0.1, -0.05) is 29.8 Å². The van der Waals surface area contributed by atoms with Crippen molar-refractivity contribution in [3.05, 3.63) is 34.9 Å². The van der Waals surface area contributed by atoms with E-state index in [0.717, 1.165) is 12.8 Å². The van der Waals surface area contributed by atoms with Gasteiger partial charge in [-0.3, -0.25) is 14.4 Å². The molecule has 0 unspecified atom stereocenters. The molecule has 1 aliphatic heterocycles. The Bertz CT molecular complexity index is 691. The lowest BCUT2D eigenvalue weighted by Crippen LogP contribution is -2.57. The van der Waals surface area contributed by atoms with Crippen LogP contribution in [0.3, 0.4) is 0 Å². The van der Waals surface area contributed by atoms with Gasteiger partial charge in [0.15, 0.2) is 5.78 Å². The molecule has 2 atom stereocenters. The monoisotopic (exact) mass is 348 g/mol. The number of hydrogen-bond acceptors (Lipinski definition) is 3. The zero-order valence-corrected chi connectivity index (χ0v) is 14.4. The summed E-state index contributed by atoms with van der Waals surface area (Å²) in [6.07, 6.45) is 3.48. The summed E-state index contributed by atoms with van der Waals surface area (Å²) in [5, 5.41) is 3.19. The molecule has 128 valence electrons. The van der Waals surface area contributed by atoms with Crippen molar-refractivity contribution in [1.82, 2.24) is 10.2 Å². The predicted octanol–water partition coefficient (Wildman–Crippen LogP) is 2.42. The van der Waals surface area contributed by atoms with Gasteiger partial charge in [-0.05, 0) is 31.7 Å². The number of nitrogens with one attached hydrogen (secondary N) is 1. The van der Waals surface area contributed by atoms with E-state index in [4.69, 9.17) is 11.6 Å². The first-order valence-corrected chi connectivity index (χ1v) is 8.70. The van der Waals surface area contributed by atoms with Crippen LogP contribution in [-0.2, 0) is 19.9 Å². The topological polar surface area (TPSA) is 66.5 Å². The molecule has 0 radical (unpaired) electrons. The molecule has 2 aliphatic rings. The summed E-state index contributed by atoms with van der Waals surface area (Å²) < 4.78 is 0. The molecule has 3 rings (SSSR count). The van der Waals surface area contributed by atoms with Crippen molar-refractivity contribution in [2.24, 2.45) is 0 Å². The Labute approximate surface area is 146 Å². The van der Waals surface area contributed by atoms with Crippen LogP contribution in [0.25, 0.3) is 0 Å². The zero-order valence-electron chi connectivity index (χ0n) is 13.7. The number of Topliss-reactive ketones (excluding diaryl/α,β-unsaturated/α-hetero) is 1. The minimum absolute atomic E-state index is 0.0158. The normalized spacial score (nSPS) is 27.0. The van der Waals surface area contributed by atoms with Gasteiger partial charge < -0.3 is 10.2 Å². The molecule has 1 saturated carbocycles. The van der Waals surface area contributed by atoms with Gasteiger partial charge in [0.2, 0.25) is 11.8 Å². The summed E-state index contributed by atoms with van der Waals surface area (Å²) in [6, 6.07) is 6.65. The summed E-state index contributed by atoms with van der Waals surface area (Å²) in [5.41, 5.74) is -0.363. The van der Waals surface area contributed by atoms with Gasteiger partial charge in [0.05, 0.1) is 0 Å². The molecule has 1 N–H and O–H groups in total. The fraction of sp³-hybridized carbons (Fsp3) is 0.500. The van der Waals surface area contributed by atoms with Crippen LogP contribution in [0.15, 0.2) is 24.3 Å². The van der Waals surface area contributed by atoms with Gasteiger partial charge in [-0.2, -0.15) is 0 Å². The van der Waals surface area contributed by atoms with Crippen LogP contribution in [0.2, 0.25) is 5.02 Å². The van der Waals surface area contributed by atoms with E-state index >= 15 is 0 Å². The van der Waals surface area contributed by atoms with Crippen LogP contribution in [0.4, 0.5) is 0 Å². The summed E-state index contributed by atoms with van der Waals surface area (Å²) in [7, 11) is 1.65. The fourth-order valence-corrected chi connectivity index (χ4v) is 4.14. The van der Waals surface area contributed by atoms with Crippen molar-refractivity contribution < 1.29 is 14.4 Å². The zero-order chi connectivity index (χ0) is 17.3. The number of rotatable bonds is 3. The van der Waals surface area contributed by atoms with E-state index in [2.05, 4.69) is 5.32 Å². The molecular formula is C18H21ClN2O3. The van der Waals surface area contributed by atoms with Crippen LogP contribution in [0.1, 0.15) is 44.1 Å². The number of halogens is 1. The number of nitrogens with zero attached hydrogens (tertiary/aromatic N) is 1. The second-order valence-corrected chi connectivity index (χ2v) is 6.93. The number of ketones is 1. The van der Waals surface area contributed by atoms with Crippen molar-refractivity contribution in [2.75, 3.05) is 7.05 Å². The Hall–Kier alpha value is -1.88. The van der Waals surface area contributed by atoms with E-state index in [0.29, 0.717) is 36.3 Å².